The largest absolute Gasteiger partial charge is 0.497 e. The van der Waals surface area contributed by atoms with Crippen LogP contribution in [0.1, 0.15) is 15.9 Å². The quantitative estimate of drug-likeness (QED) is 0.399. The average molecular weight is 337 g/mol. The van der Waals surface area contributed by atoms with E-state index in [1.807, 2.05) is 12.1 Å². The number of rotatable bonds is 5. The number of non-ortho nitro benzene ring substituents is 1. The molecule has 0 fully saturated rings. The number of carbonyl (C=O) groups excluding carboxylic acids is 1. The van der Waals surface area contributed by atoms with Crippen LogP contribution in [0.4, 0.5) is 5.69 Å². The maximum absolute atomic E-state index is 13.1. The summed E-state index contributed by atoms with van der Waals surface area (Å²) in [7, 11) is 3.02. The fraction of sp³-hybridized carbons (Fsp3) is 0.105. The van der Waals surface area contributed by atoms with Gasteiger partial charge in [0.25, 0.3) is 5.69 Å². The summed E-state index contributed by atoms with van der Waals surface area (Å²) in [6, 6.07) is 14.6. The summed E-state index contributed by atoms with van der Waals surface area (Å²) in [5.41, 5.74) is 0.435. The van der Waals surface area contributed by atoms with Crippen molar-refractivity contribution in [2.75, 3.05) is 14.2 Å². The van der Waals surface area contributed by atoms with E-state index in [0.717, 1.165) is 5.39 Å². The molecule has 0 radical (unpaired) electrons. The van der Waals surface area contributed by atoms with Gasteiger partial charge in [0, 0.05) is 23.1 Å². The molecule has 0 aromatic heterocycles. The first kappa shape index (κ1) is 16.4. The first-order chi connectivity index (χ1) is 12.0. The fourth-order valence-electron chi connectivity index (χ4n) is 2.72. The molecule has 126 valence electrons. The predicted molar refractivity (Wildman–Crippen MR) is 93.6 cm³/mol. The number of hydrogen-bond donors (Lipinski definition) is 0. The van der Waals surface area contributed by atoms with Gasteiger partial charge < -0.3 is 9.47 Å². The van der Waals surface area contributed by atoms with Crippen molar-refractivity contribution < 1.29 is 19.2 Å². The highest BCUT2D eigenvalue weighted by Crippen LogP contribution is 2.33. The van der Waals surface area contributed by atoms with Crippen LogP contribution in [0.25, 0.3) is 10.8 Å². The molecular formula is C19H15NO5. The molecule has 0 N–H and O–H groups in total. The molecule has 0 aliphatic carbocycles. The molecule has 0 amide bonds. The first-order valence-corrected chi connectivity index (χ1v) is 7.49. The number of benzene rings is 3. The van der Waals surface area contributed by atoms with Crippen molar-refractivity contribution in [3.05, 3.63) is 75.8 Å². The van der Waals surface area contributed by atoms with Crippen molar-refractivity contribution in [2.24, 2.45) is 0 Å². The lowest BCUT2D eigenvalue weighted by molar-refractivity contribution is -0.384. The fourth-order valence-corrected chi connectivity index (χ4v) is 2.72. The Labute approximate surface area is 143 Å². The monoisotopic (exact) mass is 337 g/mol. The smallest absolute Gasteiger partial charge is 0.270 e. The predicted octanol–water partition coefficient (Wildman–Crippen LogP) is 4.00. The normalized spacial score (nSPS) is 10.5. The zero-order valence-electron chi connectivity index (χ0n) is 13.7. The number of nitrogens with zero attached hydrogens (tertiary/aromatic N) is 1. The van der Waals surface area contributed by atoms with Crippen LogP contribution in [0.5, 0.6) is 11.5 Å². The molecule has 0 spiro atoms. The van der Waals surface area contributed by atoms with Gasteiger partial charge in [0.15, 0.2) is 5.78 Å². The highest BCUT2D eigenvalue weighted by molar-refractivity contribution is 6.18. The molecule has 0 bridgehead atoms. The van der Waals surface area contributed by atoms with Crippen LogP contribution in [0.15, 0.2) is 54.6 Å². The molecule has 0 aliphatic rings. The van der Waals surface area contributed by atoms with Gasteiger partial charge in [-0.15, -0.1) is 0 Å². The van der Waals surface area contributed by atoms with Crippen molar-refractivity contribution in [2.45, 2.75) is 0 Å². The molecule has 6 heteroatoms. The van der Waals surface area contributed by atoms with E-state index in [0.29, 0.717) is 22.4 Å². The number of carbonyl (C=O) groups is 1. The molecule has 6 nitrogen and oxygen atoms in total. The van der Waals surface area contributed by atoms with Crippen LogP contribution in [0.2, 0.25) is 0 Å². The van der Waals surface area contributed by atoms with Gasteiger partial charge in [-0.3, -0.25) is 14.9 Å². The Morgan fingerprint density at radius 3 is 2.44 bits per heavy atom. The Balaban J connectivity index is 2.23. The Kier molecular flexibility index (Phi) is 4.35. The van der Waals surface area contributed by atoms with Crippen molar-refractivity contribution in [1.82, 2.24) is 0 Å². The van der Waals surface area contributed by atoms with Crippen molar-refractivity contribution in [3.8, 4) is 11.5 Å². The number of nitro groups is 1. The lowest BCUT2D eigenvalue weighted by Gasteiger charge is -2.12. The summed E-state index contributed by atoms with van der Waals surface area (Å²) in [6.07, 6.45) is 0. The molecule has 0 atom stereocenters. The Morgan fingerprint density at radius 2 is 1.76 bits per heavy atom. The number of ketones is 1. The summed E-state index contributed by atoms with van der Waals surface area (Å²) in [6.45, 7) is 0. The van der Waals surface area contributed by atoms with Crippen LogP contribution in [-0.4, -0.2) is 24.9 Å². The zero-order chi connectivity index (χ0) is 18.0. The van der Waals surface area contributed by atoms with Crippen LogP contribution in [0, 0.1) is 10.1 Å². The molecular weight excluding hydrogens is 322 g/mol. The van der Waals surface area contributed by atoms with E-state index in [-0.39, 0.29) is 17.0 Å². The van der Waals surface area contributed by atoms with Crippen LogP contribution >= 0.6 is 0 Å². The van der Waals surface area contributed by atoms with Crippen LogP contribution in [0.3, 0.4) is 0 Å². The molecule has 0 saturated heterocycles. The number of methoxy groups -OCH3 is 2. The Bertz CT molecular complexity index is 975. The molecule has 3 aromatic carbocycles. The summed E-state index contributed by atoms with van der Waals surface area (Å²) in [4.78, 5) is 23.5. The highest BCUT2D eigenvalue weighted by Gasteiger charge is 2.20. The van der Waals surface area contributed by atoms with Gasteiger partial charge >= 0.3 is 0 Å². The molecule has 0 saturated carbocycles. The number of ether oxygens (including phenoxy) is 2. The maximum atomic E-state index is 13.1. The first-order valence-electron chi connectivity index (χ1n) is 7.49. The standard InChI is InChI=1S/C19H15NO5/c1-24-15-8-6-12-7-9-17(25-2)18(16(12)11-15)19(21)13-4-3-5-14(10-13)20(22)23/h3-11H,1-2H3. The molecule has 0 aliphatic heterocycles. The highest BCUT2D eigenvalue weighted by atomic mass is 16.6. The molecule has 0 heterocycles. The van der Waals surface area contributed by atoms with Gasteiger partial charge in [-0.05, 0) is 23.6 Å². The van der Waals surface area contributed by atoms with Crippen molar-refractivity contribution in [3.63, 3.8) is 0 Å². The van der Waals surface area contributed by atoms with E-state index < -0.39 is 4.92 Å². The third-order valence-corrected chi connectivity index (χ3v) is 3.96. The SMILES string of the molecule is COc1ccc2ccc(OC)c(C(=O)c3cccc([N+](=O)[O-])c3)c2c1. The van der Waals surface area contributed by atoms with Crippen LogP contribution < -0.4 is 9.47 Å². The third kappa shape index (κ3) is 3.01. The summed E-state index contributed by atoms with van der Waals surface area (Å²) in [5.74, 6) is 0.658. The minimum Gasteiger partial charge on any atom is -0.497 e. The second-order valence-corrected chi connectivity index (χ2v) is 5.37. The number of hydrogen-bond acceptors (Lipinski definition) is 5. The molecule has 0 unspecified atom stereocenters. The van der Waals surface area contributed by atoms with Gasteiger partial charge in [-0.25, -0.2) is 0 Å². The summed E-state index contributed by atoms with van der Waals surface area (Å²) >= 11 is 0. The van der Waals surface area contributed by atoms with E-state index in [1.54, 1.807) is 31.4 Å². The topological polar surface area (TPSA) is 78.7 Å². The average Bonchev–Trinajstić information content (AvgIpc) is 2.66. The second-order valence-electron chi connectivity index (χ2n) is 5.37. The number of nitro benzene ring substituents is 1. The van der Waals surface area contributed by atoms with Gasteiger partial charge in [-0.2, -0.15) is 0 Å². The van der Waals surface area contributed by atoms with Gasteiger partial charge in [0.2, 0.25) is 0 Å². The van der Waals surface area contributed by atoms with E-state index in [9.17, 15) is 14.9 Å². The third-order valence-electron chi connectivity index (χ3n) is 3.96. The molecule has 25 heavy (non-hydrogen) atoms. The van der Waals surface area contributed by atoms with E-state index >= 15 is 0 Å². The van der Waals surface area contributed by atoms with Crippen LogP contribution in [-0.2, 0) is 0 Å². The summed E-state index contributed by atoms with van der Waals surface area (Å²) < 4.78 is 10.6. The Morgan fingerprint density at radius 1 is 1.00 bits per heavy atom. The van der Waals surface area contributed by atoms with Crippen molar-refractivity contribution >= 4 is 22.2 Å². The van der Waals surface area contributed by atoms with E-state index in [4.69, 9.17) is 9.47 Å². The molecule has 3 rings (SSSR count). The summed E-state index contributed by atoms with van der Waals surface area (Å²) in [5, 5.41) is 12.5. The lowest BCUT2D eigenvalue weighted by atomic mass is 9.95. The lowest BCUT2D eigenvalue weighted by Crippen LogP contribution is -2.06. The van der Waals surface area contributed by atoms with E-state index in [2.05, 4.69) is 0 Å². The number of fused-ring (bicyclic) bond motifs is 1. The maximum Gasteiger partial charge on any atom is 0.270 e. The zero-order valence-corrected chi connectivity index (χ0v) is 13.7. The van der Waals surface area contributed by atoms with E-state index in [1.165, 1.54) is 25.3 Å². The van der Waals surface area contributed by atoms with Gasteiger partial charge in [0.1, 0.15) is 11.5 Å². The second kappa shape index (κ2) is 6.60. The minimum absolute atomic E-state index is 0.136. The van der Waals surface area contributed by atoms with Gasteiger partial charge in [0.05, 0.1) is 24.7 Å². The minimum atomic E-state index is -0.528. The van der Waals surface area contributed by atoms with Crippen molar-refractivity contribution in [1.29, 1.82) is 0 Å². The van der Waals surface area contributed by atoms with Gasteiger partial charge in [-0.1, -0.05) is 24.3 Å². The molecule has 3 aromatic rings. The Hall–Kier alpha value is -3.41.